The van der Waals surface area contributed by atoms with E-state index in [1.165, 1.54) is 28.2 Å². The SMILES string of the molecule is CC1=C(C)C[N+]2(C)CCN(C)[As]2C1. The summed E-state index contributed by atoms with van der Waals surface area (Å²) in [5.41, 5.74) is 3.34. The molecule has 2 aliphatic rings. The molecule has 1 fully saturated rings. The van der Waals surface area contributed by atoms with Crippen molar-refractivity contribution >= 4 is 15.1 Å². The van der Waals surface area contributed by atoms with Gasteiger partial charge in [-0.1, -0.05) is 0 Å². The van der Waals surface area contributed by atoms with Gasteiger partial charge >= 0.3 is 86.3 Å². The van der Waals surface area contributed by atoms with E-state index in [2.05, 4.69) is 31.8 Å². The number of rotatable bonds is 0. The van der Waals surface area contributed by atoms with E-state index in [-0.39, 0.29) is 0 Å². The first-order chi connectivity index (χ1) is 6.03. The maximum atomic E-state index is 2.67. The predicted octanol–water partition coefficient (Wildman–Crippen LogP) is 1.22. The van der Waals surface area contributed by atoms with Gasteiger partial charge in [-0.25, -0.2) is 0 Å². The molecule has 0 saturated carbocycles. The minimum absolute atomic E-state index is 0.753. The standard InChI is InChI=1S/C10H20AsN2/c1-9-7-11-12(3)5-6-13(11,4)8-10(9)2/h5-8H2,1-4H3/q+1. The number of hydrogen-bond donors (Lipinski definition) is 0. The van der Waals surface area contributed by atoms with Crippen LogP contribution in [0.2, 0.25) is 5.21 Å². The average Bonchev–Trinajstić information content (AvgIpc) is 2.32. The molecule has 0 spiro atoms. The van der Waals surface area contributed by atoms with Gasteiger partial charge in [-0.3, -0.25) is 0 Å². The van der Waals surface area contributed by atoms with Gasteiger partial charge in [-0.05, 0) is 0 Å². The fourth-order valence-corrected chi connectivity index (χ4v) is 8.76. The summed E-state index contributed by atoms with van der Waals surface area (Å²) in [6.45, 7) is 8.71. The van der Waals surface area contributed by atoms with Crippen LogP contribution < -0.4 is 0 Å². The Bertz CT molecular complexity index is 262. The Morgan fingerprint density at radius 2 is 2.00 bits per heavy atom. The predicted molar refractivity (Wildman–Crippen MR) is 57.5 cm³/mol. The van der Waals surface area contributed by atoms with Crippen molar-refractivity contribution in [2.24, 2.45) is 0 Å². The molecule has 0 radical (unpaired) electrons. The maximum absolute atomic E-state index is 2.67. The van der Waals surface area contributed by atoms with Gasteiger partial charge in [0.2, 0.25) is 0 Å². The van der Waals surface area contributed by atoms with Gasteiger partial charge in [0.25, 0.3) is 0 Å². The number of nitrogens with zero attached hydrogens (tertiary/aromatic N) is 2. The van der Waals surface area contributed by atoms with Gasteiger partial charge in [0, 0.05) is 0 Å². The summed E-state index contributed by atoms with van der Waals surface area (Å²) in [6, 6.07) is 0. The second-order valence-electron chi connectivity index (χ2n) is 4.69. The molecule has 2 unspecified atom stereocenters. The molecular formula is C10H20AsN2+. The second-order valence-corrected chi connectivity index (χ2v) is 10.4. The van der Waals surface area contributed by atoms with E-state index in [4.69, 9.17) is 0 Å². The average molecular weight is 243 g/mol. The number of hydrogen-bond acceptors (Lipinski definition) is 1. The fraction of sp³-hybridized carbons (Fsp3) is 0.800. The third-order valence-corrected chi connectivity index (χ3v) is 10.3. The van der Waals surface area contributed by atoms with Crippen LogP contribution in [0.3, 0.4) is 0 Å². The van der Waals surface area contributed by atoms with Crippen LogP contribution in [0.25, 0.3) is 0 Å². The van der Waals surface area contributed by atoms with Crippen LogP contribution in [0.4, 0.5) is 0 Å². The summed E-state index contributed by atoms with van der Waals surface area (Å²) < 4.78 is 4.07. The monoisotopic (exact) mass is 243 g/mol. The van der Waals surface area contributed by atoms with Crippen molar-refractivity contribution in [2.75, 3.05) is 33.7 Å². The van der Waals surface area contributed by atoms with Crippen LogP contribution in [0.15, 0.2) is 11.1 Å². The molecule has 0 aromatic carbocycles. The Morgan fingerprint density at radius 1 is 1.31 bits per heavy atom. The molecule has 0 aromatic heterocycles. The van der Waals surface area contributed by atoms with Crippen molar-refractivity contribution < 1.29 is 3.40 Å². The number of likely N-dealkylation sites (N-methyl/N-ethyl adjacent to an activating group) is 2. The van der Waals surface area contributed by atoms with E-state index in [0.29, 0.717) is 0 Å². The van der Waals surface area contributed by atoms with Gasteiger partial charge in [0.15, 0.2) is 0 Å². The van der Waals surface area contributed by atoms with Crippen molar-refractivity contribution in [1.82, 2.24) is 3.82 Å². The summed E-state index contributed by atoms with van der Waals surface area (Å²) in [5.74, 6) is 0. The molecule has 2 nitrogen and oxygen atoms in total. The Labute approximate surface area is 86.5 Å². The zero-order chi connectivity index (χ0) is 9.64. The normalized spacial score (nSPS) is 41.1. The first-order valence-corrected chi connectivity index (χ1v) is 8.02. The van der Waals surface area contributed by atoms with E-state index in [9.17, 15) is 0 Å². The van der Waals surface area contributed by atoms with Crippen LogP contribution >= 0.6 is 0 Å². The molecule has 2 aliphatic heterocycles. The van der Waals surface area contributed by atoms with Gasteiger partial charge in [-0.2, -0.15) is 0 Å². The van der Waals surface area contributed by atoms with Crippen LogP contribution in [0.1, 0.15) is 13.8 Å². The number of fused-ring (bicyclic) bond motifs is 1. The molecule has 0 aromatic rings. The van der Waals surface area contributed by atoms with E-state index in [1.54, 1.807) is 11.1 Å². The third kappa shape index (κ3) is 1.49. The van der Waals surface area contributed by atoms with Crippen molar-refractivity contribution in [3.8, 4) is 0 Å². The summed E-state index contributed by atoms with van der Waals surface area (Å²) in [4.78, 5) is 0. The molecular weight excluding hydrogens is 223 g/mol. The van der Waals surface area contributed by atoms with Crippen LogP contribution in [0, 0.1) is 0 Å². The molecule has 2 rings (SSSR count). The molecule has 2 atom stereocenters. The molecule has 13 heavy (non-hydrogen) atoms. The van der Waals surface area contributed by atoms with Crippen molar-refractivity contribution in [3.63, 3.8) is 0 Å². The Hall–Kier alpha value is 0.218. The zero-order valence-corrected chi connectivity index (χ0v) is 11.0. The molecule has 74 valence electrons. The molecule has 1 saturated heterocycles. The van der Waals surface area contributed by atoms with Gasteiger partial charge in [-0.15, -0.1) is 0 Å². The molecule has 0 bridgehead atoms. The van der Waals surface area contributed by atoms with Crippen LogP contribution in [-0.4, -0.2) is 56.0 Å². The first kappa shape index (κ1) is 9.76. The van der Waals surface area contributed by atoms with E-state index in [0.717, 1.165) is 0 Å². The summed E-state index contributed by atoms with van der Waals surface area (Å²) in [7, 11) is 4.80. The van der Waals surface area contributed by atoms with E-state index < -0.39 is 15.1 Å². The van der Waals surface area contributed by atoms with E-state index >= 15 is 0 Å². The van der Waals surface area contributed by atoms with Crippen molar-refractivity contribution in [2.45, 2.75) is 19.1 Å². The quantitative estimate of drug-likeness (QED) is 0.456. The molecule has 0 amide bonds. The summed E-state index contributed by atoms with van der Waals surface area (Å²) >= 11 is -0.753. The minimum atomic E-state index is -0.753. The Morgan fingerprint density at radius 3 is 2.69 bits per heavy atom. The zero-order valence-electron chi connectivity index (χ0n) is 9.17. The van der Waals surface area contributed by atoms with Gasteiger partial charge < -0.3 is 0 Å². The van der Waals surface area contributed by atoms with Crippen molar-refractivity contribution in [3.05, 3.63) is 11.1 Å². The fourth-order valence-electron chi connectivity index (χ4n) is 2.40. The summed E-state index contributed by atoms with van der Waals surface area (Å²) in [5, 5.41) is 1.42. The first-order valence-electron chi connectivity index (χ1n) is 5.02. The molecule has 0 aliphatic carbocycles. The Kier molecular flexibility index (Phi) is 2.34. The van der Waals surface area contributed by atoms with Crippen molar-refractivity contribution in [1.29, 1.82) is 0 Å². The number of quaternary nitrogens is 1. The Balaban J connectivity index is 2.28. The molecule has 3 heteroatoms. The van der Waals surface area contributed by atoms with E-state index in [1.807, 2.05) is 0 Å². The van der Waals surface area contributed by atoms with Crippen LogP contribution in [-0.2, 0) is 0 Å². The second kappa shape index (κ2) is 3.11. The number of allylic oxidation sites excluding steroid dienone is 1. The van der Waals surface area contributed by atoms with Crippen LogP contribution in [0.5, 0.6) is 0 Å². The van der Waals surface area contributed by atoms with Gasteiger partial charge in [0.1, 0.15) is 0 Å². The van der Waals surface area contributed by atoms with Gasteiger partial charge in [0.05, 0.1) is 0 Å². The topological polar surface area (TPSA) is 3.24 Å². The molecule has 2 heterocycles. The molecule has 0 N–H and O–H groups in total. The summed E-state index contributed by atoms with van der Waals surface area (Å²) in [6.07, 6.45) is 0. The third-order valence-electron chi connectivity index (χ3n) is 3.54.